The summed E-state index contributed by atoms with van der Waals surface area (Å²) in [5.74, 6) is 1.39. The molecular formula is C19H26N2O3S. The molecule has 1 aromatic heterocycles. The Morgan fingerprint density at radius 1 is 1.20 bits per heavy atom. The zero-order chi connectivity index (χ0) is 18.4. The molecule has 6 heteroatoms. The van der Waals surface area contributed by atoms with Gasteiger partial charge in [0.1, 0.15) is 9.88 Å². The van der Waals surface area contributed by atoms with Crippen molar-refractivity contribution in [3.63, 3.8) is 0 Å². The normalized spacial score (nSPS) is 10.6. The monoisotopic (exact) mass is 362 g/mol. The van der Waals surface area contributed by atoms with Crippen LogP contribution in [0.5, 0.6) is 11.5 Å². The number of carbonyl (C=O) groups is 1. The Hall–Kier alpha value is -2.08. The van der Waals surface area contributed by atoms with E-state index in [1.54, 1.807) is 14.2 Å². The maximum Gasteiger partial charge on any atom is 0.265 e. The van der Waals surface area contributed by atoms with Gasteiger partial charge in [-0.15, -0.1) is 11.3 Å². The van der Waals surface area contributed by atoms with Gasteiger partial charge < -0.3 is 14.4 Å². The summed E-state index contributed by atoms with van der Waals surface area (Å²) in [5, 5.41) is 0.813. The zero-order valence-electron chi connectivity index (χ0n) is 15.6. The van der Waals surface area contributed by atoms with Gasteiger partial charge in [-0.1, -0.05) is 13.3 Å². The molecule has 1 heterocycles. The van der Waals surface area contributed by atoms with Crippen molar-refractivity contribution in [1.29, 1.82) is 0 Å². The molecule has 1 aromatic carbocycles. The van der Waals surface area contributed by atoms with Gasteiger partial charge in [0.05, 0.1) is 19.9 Å². The lowest BCUT2D eigenvalue weighted by Crippen LogP contribution is -2.31. The molecule has 0 fully saturated rings. The van der Waals surface area contributed by atoms with Crippen molar-refractivity contribution in [3.8, 4) is 22.1 Å². The fourth-order valence-corrected chi connectivity index (χ4v) is 3.61. The van der Waals surface area contributed by atoms with Gasteiger partial charge in [0, 0.05) is 18.7 Å². The van der Waals surface area contributed by atoms with Crippen LogP contribution < -0.4 is 9.47 Å². The summed E-state index contributed by atoms with van der Waals surface area (Å²) in [7, 11) is 3.22. The molecule has 0 aliphatic rings. The van der Waals surface area contributed by atoms with Crippen LogP contribution >= 0.6 is 11.3 Å². The van der Waals surface area contributed by atoms with Crippen LogP contribution in [0.25, 0.3) is 10.6 Å². The van der Waals surface area contributed by atoms with Crippen molar-refractivity contribution in [2.24, 2.45) is 0 Å². The molecule has 2 aromatic rings. The van der Waals surface area contributed by atoms with Crippen molar-refractivity contribution < 1.29 is 14.3 Å². The number of ether oxygens (including phenoxy) is 2. The molecule has 0 saturated heterocycles. The summed E-state index contributed by atoms with van der Waals surface area (Å²) in [5.41, 5.74) is 1.69. The number of unbranched alkanes of at least 4 members (excludes halogenated alkanes) is 1. The number of thiazole rings is 1. The number of hydrogen-bond acceptors (Lipinski definition) is 5. The highest BCUT2D eigenvalue weighted by Crippen LogP contribution is 2.35. The molecular weight excluding hydrogens is 336 g/mol. The fourth-order valence-electron chi connectivity index (χ4n) is 2.58. The molecule has 0 aliphatic carbocycles. The Labute approximate surface area is 153 Å². The first-order valence-electron chi connectivity index (χ1n) is 8.54. The lowest BCUT2D eigenvalue weighted by Gasteiger charge is -2.19. The second-order valence-corrected chi connectivity index (χ2v) is 6.74. The van der Waals surface area contributed by atoms with Gasteiger partial charge in [0.25, 0.3) is 5.91 Å². The first-order chi connectivity index (χ1) is 12.0. The number of carbonyl (C=O) groups excluding carboxylic acids is 1. The summed E-state index contributed by atoms with van der Waals surface area (Å²) in [6.45, 7) is 7.53. The van der Waals surface area contributed by atoms with Crippen LogP contribution in [-0.2, 0) is 0 Å². The molecule has 0 atom stereocenters. The van der Waals surface area contributed by atoms with E-state index in [0.717, 1.165) is 35.7 Å². The summed E-state index contributed by atoms with van der Waals surface area (Å²) >= 11 is 1.43. The minimum atomic E-state index is 0.0673. The predicted octanol–water partition coefficient (Wildman–Crippen LogP) is 4.40. The standard InChI is InChI=1S/C19H26N2O3S/c1-6-8-11-21(7-2)19(22)17-13(3)20-18(25-17)14-9-10-15(23-4)16(12-14)24-5/h9-10,12H,6-8,11H2,1-5H3. The van der Waals surface area contributed by atoms with Crippen LogP contribution in [0.2, 0.25) is 0 Å². The minimum Gasteiger partial charge on any atom is -0.493 e. The largest absolute Gasteiger partial charge is 0.493 e. The minimum absolute atomic E-state index is 0.0673. The first-order valence-corrected chi connectivity index (χ1v) is 9.36. The quantitative estimate of drug-likeness (QED) is 0.698. The SMILES string of the molecule is CCCCN(CC)C(=O)c1sc(-c2ccc(OC)c(OC)c2)nc1C. The molecule has 0 unspecified atom stereocenters. The van der Waals surface area contributed by atoms with E-state index in [1.165, 1.54) is 11.3 Å². The lowest BCUT2D eigenvalue weighted by molar-refractivity contribution is 0.0766. The Morgan fingerprint density at radius 2 is 1.92 bits per heavy atom. The number of hydrogen-bond donors (Lipinski definition) is 0. The Bertz CT molecular complexity index is 727. The van der Waals surface area contributed by atoms with E-state index in [2.05, 4.69) is 11.9 Å². The third kappa shape index (κ3) is 4.31. The predicted molar refractivity (Wildman–Crippen MR) is 102 cm³/mol. The lowest BCUT2D eigenvalue weighted by atomic mass is 10.2. The van der Waals surface area contributed by atoms with Gasteiger partial charge in [-0.05, 0) is 38.5 Å². The van der Waals surface area contributed by atoms with Crippen molar-refractivity contribution in [1.82, 2.24) is 9.88 Å². The van der Waals surface area contributed by atoms with Crippen molar-refractivity contribution >= 4 is 17.2 Å². The maximum absolute atomic E-state index is 12.8. The van der Waals surface area contributed by atoms with E-state index < -0.39 is 0 Å². The molecule has 0 saturated carbocycles. The third-order valence-electron chi connectivity index (χ3n) is 4.07. The molecule has 136 valence electrons. The maximum atomic E-state index is 12.8. The molecule has 2 rings (SSSR count). The summed E-state index contributed by atoms with van der Waals surface area (Å²) < 4.78 is 10.6. The first kappa shape index (κ1) is 19.2. The van der Waals surface area contributed by atoms with Crippen LogP contribution in [0.3, 0.4) is 0 Å². The van der Waals surface area contributed by atoms with Gasteiger partial charge in [-0.25, -0.2) is 4.98 Å². The molecule has 0 bridgehead atoms. The van der Waals surface area contributed by atoms with Gasteiger partial charge in [-0.2, -0.15) is 0 Å². The number of aryl methyl sites for hydroxylation is 1. The number of benzene rings is 1. The van der Waals surface area contributed by atoms with Crippen molar-refractivity contribution in [3.05, 3.63) is 28.8 Å². The number of methoxy groups -OCH3 is 2. The molecule has 1 amide bonds. The topological polar surface area (TPSA) is 51.7 Å². The highest BCUT2D eigenvalue weighted by molar-refractivity contribution is 7.17. The molecule has 0 radical (unpaired) electrons. The van der Waals surface area contributed by atoms with Gasteiger partial charge in [-0.3, -0.25) is 4.79 Å². The molecule has 0 N–H and O–H groups in total. The third-order valence-corrected chi connectivity index (χ3v) is 5.27. The van der Waals surface area contributed by atoms with Gasteiger partial charge in [0.15, 0.2) is 11.5 Å². The molecule has 25 heavy (non-hydrogen) atoms. The zero-order valence-corrected chi connectivity index (χ0v) is 16.4. The van der Waals surface area contributed by atoms with Gasteiger partial charge in [0.2, 0.25) is 0 Å². The average molecular weight is 362 g/mol. The van der Waals surface area contributed by atoms with Crippen molar-refractivity contribution in [2.45, 2.75) is 33.6 Å². The summed E-state index contributed by atoms with van der Waals surface area (Å²) in [4.78, 5) is 20.0. The second-order valence-electron chi connectivity index (χ2n) is 5.74. The molecule has 0 aliphatic heterocycles. The van der Waals surface area contributed by atoms with E-state index in [0.29, 0.717) is 22.9 Å². The van der Waals surface area contributed by atoms with E-state index in [9.17, 15) is 4.79 Å². The molecule has 0 spiro atoms. The number of rotatable bonds is 8. The number of aromatic nitrogens is 1. The van der Waals surface area contributed by atoms with E-state index >= 15 is 0 Å². The summed E-state index contributed by atoms with van der Waals surface area (Å²) in [6, 6.07) is 5.68. The summed E-state index contributed by atoms with van der Waals surface area (Å²) in [6.07, 6.45) is 2.09. The highest BCUT2D eigenvalue weighted by atomic mass is 32.1. The Balaban J connectivity index is 2.32. The second kappa shape index (κ2) is 8.85. The van der Waals surface area contributed by atoms with Crippen LogP contribution in [-0.4, -0.2) is 43.1 Å². The van der Waals surface area contributed by atoms with E-state index in [4.69, 9.17) is 9.47 Å². The van der Waals surface area contributed by atoms with Crippen LogP contribution in [0.15, 0.2) is 18.2 Å². The average Bonchev–Trinajstić information content (AvgIpc) is 3.03. The molecule has 5 nitrogen and oxygen atoms in total. The fraction of sp³-hybridized carbons (Fsp3) is 0.474. The van der Waals surface area contributed by atoms with Crippen LogP contribution in [0, 0.1) is 6.92 Å². The van der Waals surface area contributed by atoms with Crippen LogP contribution in [0.1, 0.15) is 42.1 Å². The van der Waals surface area contributed by atoms with Gasteiger partial charge >= 0.3 is 0 Å². The Morgan fingerprint density at radius 3 is 2.52 bits per heavy atom. The van der Waals surface area contributed by atoms with E-state index in [1.807, 2.05) is 36.9 Å². The Kier molecular flexibility index (Phi) is 6.82. The highest BCUT2D eigenvalue weighted by Gasteiger charge is 2.21. The van der Waals surface area contributed by atoms with Crippen molar-refractivity contribution in [2.75, 3.05) is 27.3 Å². The number of amides is 1. The van der Waals surface area contributed by atoms with E-state index in [-0.39, 0.29) is 5.91 Å². The van der Waals surface area contributed by atoms with Crippen LogP contribution in [0.4, 0.5) is 0 Å². The smallest absolute Gasteiger partial charge is 0.265 e. The number of nitrogens with zero attached hydrogens (tertiary/aromatic N) is 2.